The van der Waals surface area contributed by atoms with Crippen molar-refractivity contribution in [2.45, 2.75) is 32.4 Å². The maximum Gasteiger partial charge on any atom is 0.322 e. The Morgan fingerprint density at radius 2 is 2.10 bits per heavy atom. The minimum Gasteiger partial charge on any atom is -0.350 e. The number of urea groups is 1. The third-order valence-corrected chi connectivity index (χ3v) is 4.87. The van der Waals surface area contributed by atoms with Gasteiger partial charge >= 0.3 is 6.03 Å². The molecule has 8 heteroatoms. The van der Waals surface area contributed by atoms with Gasteiger partial charge in [0, 0.05) is 17.1 Å². The summed E-state index contributed by atoms with van der Waals surface area (Å²) in [6.07, 6.45) is 1.60. The first kappa shape index (κ1) is 20.9. The van der Waals surface area contributed by atoms with Crippen molar-refractivity contribution in [3.05, 3.63) is 58.8 Å². The lowest BCUT2D eigenvalue weighted by molar-refractivity contribution is -0.132. The molecule has 1 atom stereocenters. The number of nitrogens with zero attached hydrogens (tertiary/aromatic N) is 2. The summed E-state index contributed by atoms with van der Waals surface area (Å²) in [4.78, 5) is 41.3. The van der Waals surface area contributed by atoms with E-state index >= 15 is 0 Å². The second kappa shape index (κ2) is 7.91. The van der Waals surface area contributed by atoms with Crippen LogP contribution in [-0.4, -0.2) is 52.8 Å². The molecule has 3 rings (SSSR count). The Bertz CT molecular complexity index is 903. The molecule has 0 fully saturated rings. The molecule has 0 saturated carbocycles. The van der Waals surface area contributed by atoms with Crippen LogP contribution in [0.4, 0.5) is 4.79 Å². The fourth-order valence-electron chi connectivity index (χ4n) is 3.57. The highest BCUT2D eigenvalue weighted by atomic mass is 35.5. The van der Waals surface area contributed by atoms with E-state index in [0.717, 1.165) is 0 Å². The Morgan fingerprint density at radius 3 is 2.72 bits per heavy atom. The Hall–Kier alpha value is -2.80. The van der Waals surface area contributed by atoms with Gasteiger partial charge < -0.3 is 15.5 Å². The van der Waals surface area contributed by atoms with E-state index in [9.17, 15) is 14.4 Å². The summed E-state index contributed by atoms with van der Waals surface area (Å²) in [7, 11) is 0. The SMILES string of the molecule is C=CCN1C(=O)N[C@@H](c2cccc(Cl)c2)C2=C1CN(CC(=O)NC(C)(C)C)C2=O. The van der Waals surface area contributed by atoms with Gasteiger partial charge in [-0.15, -0.1) is 6.58 Å². The number of carbonyl (C=O) groups is 3. The number of nitrogens with one attached hydrogen (secondary N) is 2. The highest BCUT2D eigenvalue weighted by Crippen LogP contribution is 2.36. The van der Waals surface area contributed by atoms with Crippen LogP contribution in [0, 0.1) is 0 Å². The van der Waals surface area contributed by atoms with E-state index in [4.69, 9.17) is 11.6 Å². The van der Waals surface area contributed by atoms with Crippen LogP contribution in [-0.2, 0) is 9.59 Å². The molecular weight excluding hydrogens is 392 g/mol. The predicted molar refractivity (Wildman–Crippen MR) is 111 cm³/mol. The van der Waals surface area contributed by atoms with Crippen molar-refractivity contribution in [3.8, 4) is 0 Å². The maximum atomic E-state index is 13.2. The zero-order chi connectivity index (χ0) is 21.3. The van der Waals surface area contributed by atoms with E-state index in [-0.39, 0.29) is 37.5 Å². The van der Waals surface area contributed by atoms with Gasteiger partial charge in [-0.2, -0.15) is 0 Å². The van der Waals surface area contributed by atoms with Crippen molar-refractivity contribution >= 4 is 29.4 Å². The van der Waals surface area contributed by atoms with Crippen LogP contribution in [0.15, 0.2) is 48.2 Å². The molecule has 0 saturated heterocycles. The Kier molecular flexibility index (Phi) is 5.71. The van der Waals surface area contributed by atoms with Crippen LogP contribution in [0.3, 0.4) is 0 Å². The average molecular weight is 417 g/mol. The van der Waals surface area contributed by atoms with E-state index in [1.807, 2.05) is 26.8 Å². The van der Waals surface area contributed by atoms with Crippen LogP contribution < -0.4 is 10.6 Å². The standard InChI is InChI=1S/C21H25ClN4O3/c1-5-9-26-15-11-25(12-16(27)24-21(2,3)4)19(28)17(15)18(23-20(26)29)13-7-6-8-14(22)10-13/h5-8,10,18H,1,9,11-12H2,2-4H3,(H,23,29)(H,24,27)/t18-/m0/s1. The van der Waals surface area contributed by atoms with Gasteiger partial charge in [0.1, 0.15) is 6.54 Å². The highest BCUT2D eigenvalue weighted by molar-refractivity contribution is 6.30. The van der Waals surface area contributed by atoms with E-state index in [1.54, 1.807) is 24.3 Å². The van der Waals surface area contributed by atoms with Crippen molar-refractivity contribution in [2.75, 3.05) is 19.6 Å². The molecule has 0 aromatic heterocycles. The van der Waals surface area contributed by atoms with Crippen molar-refractivity contribution in [1.82, 2.24) is 20.4 Å². The van der Waals surface area contributed by atoms with Gasteiger partial charge in [0.15, 0.2) is 0 Å². The van der Waals surface area contributed by atoms with Crippen molar-refractivity contribution in [1.29, 1.82) is 0 Å². The summed E-state index contributed by atoms with van der Waals surface area (Å²) in [6.45, 7) is 9.70. The smallest absolute Gasteiger partial charge is 0.322 e. The lowest BCUT2D eigenvalue weighted by atomic mass is 9.95. The molecule has 1 aromatic rings. The van der Waals surface area contributed by atoms with Crippen LogP contribution >= 0.6 is 11.6 Å². The molecule has 2 aliphatic rings. The Balaban J connectivity index is 1.93. The quantitative estimate of drug-likeness (QED) is 0.724. The molecule has 0 unspecified atom stereocenters. The first-order valence-corrected chi connectivity index (χ1v) is 9.76. The van der Waals surface area contributed by atoms with Crippen molar-refractivity contribution in [3.63, 3.8) is 0 Å². The summed E-state index contributed by atoms with van der Waals surface area (Å²) in [5.74, 6) is -0.525. The zero-order valence-electron chi connectivity index (χ0n) is 16.8. The molecule has 2 N–H and O–H groups in total. The summed E-state index contributed by atoms with van der Waals surface area (Å²) in [5.41, 5.74) is 1.36. The molecule has 0 radical (unpaired) electrons. The fourth-order valence-corrected chi connectivity index (χ4v) is 3.76. The molecule has 0 aliphatic carbocycles. The first-order valence-electron chi connectivity index (χ1n) is 9.38. The number of hydrogen-bond acceptors (Lipinski definition) is 3. The number of benzene rings is 1. The van der Waals surface area contributed by atoms with Crippen LogP contribution in [0.5, 0.6) is 0 Å². The second-order valence-electron chi connectivity index (χ2n) is 8.16. The Morgan fingerprint density at radius 1 is 1.38 bits per heavy atom. The summed E-state index contributed by atoms with van der Waals surface area (Å²) >= 11 is 6.12. The topological polar surface area (TPSA) is 81.8 Å². The van der Waals surface area contributed by atoms with Crippen LogP contribution in [0.25, 0.3) is 0 Å². The first-order chi connectivity index (χ1) is 13.6. The molecule has 2 aliphatic heterocycles. The van der Waals surface area contributed by atoms with Gasteiger partial charge in [0.2, 0.25) is 5.91 Å². The molecule has 29 heavy (non-hydrogen) atoms. The van der Waals surface area contributed by atoms with Gasteiger partial charge in [0.25, 0.3) is 5.91 Å². The third kappa shape index (κ3) is 4.45. The predicted octanol–water partition coefficient (Wildman–Crippen LogP) is 2.60. The zero-order valence-corrected chi connectivity index (χ0v) is 17.5. The summed E-state index contributed by atoms with van der Waals surface area (Å²) in [6, 6.07) is 6.10. The molecule has 1 aromatic carbocycles. The van der Waals surface area contributed by atoms with Crippen molar-refractivity contribution in [2.24, 2.45) is 0 Å². The monoisotopic (exact) mass is 416 g/mol. The molecule has 0 bridgehead atoms. The lowest BCUT2D eigenvalue weighted by Gasteiger charge is -2.33. The van der Waals surface area contributed by atoms with E-state index in [1.165, 1.54) is 9.80 Å². The minimum absolute atomic E-state index is 0.0819. The largest absolute Gasteiger partial charge is 0.350 e. The molecule has 2 heterocycles. The fraction of sp³-hybridized carbons (Fsp3) is 0.381. The molecular formula is C21H25ClN4O3. The summed E-state index contributed by atoms with van der Waals surface area (Å²) in [5, 5.41) is 6.26. The molecule has 4 amide bonds. The van der Waals surface area contributed by atoms with Gasteiger partial charge in [-0.25, -0.2) is 4.79 Å². The molecule has 7 nitrogen and oxygen atoms in total. The maximum absolute atomic E-state index is 13.2. The van der Waals surface area contributed by atoms with Gasteiger partial charge in [0.05, 0.1) is 23.9 Å². The van der Waals surface area contributed by atoms with E-state index in [0.29, 0.717) is 21.9 Å². The van der Waals surface area contributed by atoms with Crippen molar-refractivity contribution < 1.29 is 14.4 Å². The van der Waals surface area contributed by atoms with Crippen LogP contribution in [0.2, 0.25) is 5.02 Å². The number of carbonyl (C=O) groups excluding carboxylic acids is 3. The van der Waals surface area contributed by atoms with Gasteiger partial charge in [-0.3, -0.25) is 14.5 Å². The van der Waals surface area contributed by atoms with Crippen LogP contribution in [0.1, 0.15) is 32.4 Å². The van der Waals surface area contributed by atoms with E-state index in [2.05, 4.69) is 17.2 Å². The number of amides is 4. The Labute approximate surface area is 175 Å². The lowest BCUT2D eigenvalue weighted by Crippen LogP contribution is -2.47. The average Bonchev–Trinajstić information content (AvgIpc) is 2.92. The van der Waals surface area contributed by atoms with Gasteiger partial charge in [-0.1, -0.05) is 29.8 Å². The second-order valence-corrected chi connectivity index (χ2v) is 8.59. The van der Waals surface area contributed by atoms with E-state index < -0.39 is 11.6 Å². The number of halogens is 1. The minimum atomic E-state index is -0.625. The normalized spacial score (nSPS) is 19.2. The van der Waals surface area contributed by atoms with Gasteiger partial charge in [-0.05, 0) is 38.5 Å². The third-order valence-electron chi connectivity index (χ3n) is 4.64. The molecule has 0 spiro atoms. The molecule has 154 valence electrons. The number of rotatable bonds is 5. The highest BCUT2D eigenvalue weighted by Gasteiger charge is 2.44. The summed E-state index contributed by atoms with van der Waals surface area (Å²) < 4.78 is 0. The number of hydrogen-bond donors (Lipinski definition) is 2.